The monoisotopic (exact) mass is 400 g/mol. The summed E-state index contributed by atoms with van der Waals surface area (Å²) < 4.78 is 31.8. The second kappa shape index (κ2) is 9.03. The zero-order chi connectivity index (χ0) is 20.0. The first-order valence-electron chi connectivity index (χ1n) is 9.20. The van der Waals surface area contributed by atoms with Gasteiger partial charge in [-0.1, -0.05) is 30.9 Å². The zero-order valence-electron chi connectivity index (χ0n) is 15.6. The molecule has 0 saturated carbocycles. The van der Waals surface area contributed by atoms with E-state index < -0.39 is 10.0 Å². The minimum atomic E-state index is -3.30. The summed E-state index contributed by atoms with van der Waals surface area (Å²) in [6, 6.07) is 13.8. The molecular weight excluding hydrogens is 376 g/mol. The molecule has 0 unspecified atom stereocenters. The van der Waals surface area contributed by atoms with E-state index in [0.717, 1.165) is 12.8 Å². The van der Waals surface area contributed by atoms with Crippen LogP contribution >= 0.6 is 0 Å². The third-order valence-electron chi connectivity index (χ3n) is 4.48. The van der Waals surface area contributed by atoms with Crippen molar-refractivity contribution in [2.45, 2.75) is 18.6 Å². The summed E-state index contributed by atoms with van der Waals surface area (Å²) in [6.07, 6.45) is 3.48. The van der Waals surface area contributed by atoms with Gasteiger partial charge in [0.1, 0.15) is 12.4 Å². The predicted octanol–water partition coefficient (Wildman–Crippen LogP) is 3.43. The van der Waals surface area contributed by atoms with Gasteiger partial charge in [-0.3, -0.25) is 4.79 Å². The number of carbonyl (C=O) groups excluding carboxylic acids is 1. The number of anilines is 1. The minimum Gasteiger partial charge on any atom is -0.489 e. The minimum absolute atomic E-state index is 0.0441. The van der Waals surface area contributed by atoms with Crippen LogP contribution in [0.4, 0.5) is 5.69 Å². The molecule has 2 aromatic carbocycles. The summed E-state index contributed by atoms with van der Waals surface area (Å²) >= 11 is 0. The Morgan fingerprint density at radius 3 is 2.54 bits per heavy atom. The molecule has 1 heterocycles. The number of nitrogens with one attached hydrogen (secondary N) is 1. The van der Waals surface area contributed by atoms with E-state index in [1.807, 2.05) is 0 Å². The molecule has 6 nitrogen and oxygen atoms in total. The second-order valence-electron chi connectivity index (χ2n) is 6.64. The standard InChI is InChI=1S/C21H24N2O4S/c1-2-14-27-20-7-5-6-19(15-20)22-21(24)18-10-8-17(9-11-18)16-28(25,26)23-12-3-4-13-23/h2,5-11,15H,1,3-4,12-14,16H2,(H,22,24). The lowest BCUT2D eigenvalue weighted by atomic mass is 10.1. The molecule has 2 aromatic rings. The molecule has 28 heavy (non-hydrogen) atoms. The fraction of sp³-hybridized carbons (Fsp3) is 0.286. The first-order valence-corrected chi connectivity index (χ1v) is 10.8. The number of ether oxygens (including phenoxy) is 1. The fourth-order valence-corrected chi connectivity index (χ4v) is 4.65. The van der Waals surface area contributed by atoms with Crippen molar-refractivity contribution in [3.05, 3.63) is 72.3 Å². The molecule has 148 valence electrons. The first-order chi connectivity index (χ1) is 13.5. The lowest BCUT2D eigenvalue weighted by molar-refractivity contribution is 0.102. The lowest BCUT2D eigenvalue weighted by Gasteiger charge is -2.15. The third-order valence-corrected chi connectivity index (χ3v) is 6.33. The molecule has 0 spiro atoms. The van der Waals surface area contributed by atoms with E-state index in [0.29, 0.717) is 42.3 Å². The first kappa shape index (κ1) is 20.1. The molecule has 0 bridgehead atoms. The smallest absolute Gasteiger partial charge is 0.255 e. The Morgan fingerprint density at radius 1 is 1.14 bits per heavy atom. The van der Waals surface area contributed by atoms with Gasteiger partial charge in [0, 0.05) is 30.4 Å². The molecule has 0 radical (unpaired) electrons. The van der Waals surface area contributed by atoms with Gasteiger partial charge in [0.15, 0.2) is 0 Å². The summed E-state index contributed by atoms with van der Waals surface area (Å²) in [6.45, 7) is 5.18. The third kappa shape index (κ3) is 5.21. The number of hydrogen-bond acceptors (Lipinski definition) is 4. The van der Waals surface area contributed by atoms with E-state index in [2.05, 4.69) is 11.9 Å². The van der Waals surface area contributed by atoms with E-state index in [1.54, 1.807) is 54.6 Å². The maximum absolute atomic E-state index is 12.5. The van der Waals surface area contributed by atoms with E-state index in [-0.39, 0.29) is 11.7 Å². The van der Waals surface area contributed by atoms with Gasteiger partial charge in [-0.25, -0.2) is 12.7 Å². The van der Waals surface area contributed by atoms with Crippen LogP contribution in [0.3, 0.4) is 0 Å². The van der Waals surface area contributed by atoms with Crippen LogP contribution in [0.1, 0.15) is 28.8 Å². The molecule has 1 aliphatic rings. The van der Waals surface area contributed by atoms with Crippen LogP contribution in [0.15, 0.2) is 61.2 Å². The van der Waals surface area contributed by atoms with Gasteiger partial charge >= 0.3 is 0 Å². The van der Waals surface area contributed by atoms with Crippen LogP contribution in [0.2, 0.25) is 0 Å². The van der Waals surface area contributed by atoms with Crippen molar-refractivity contribution in [3.8, 4) is 5.75 Å². The van der Waals surface area contributed by atoms with Crippen LogP contribution in [-0.4, -0.2) is 38.3 Å². The van der Waals surface area contributed by atoms with Crippen molar-refractivity contribution in [1.29, 1.82) is 0 Å². The van der Waals surface area contributed by atoms with E-state index in [4.69, 9.17) is 4.74 Å². The number of sulfonamides is 1. The Balaban J connectivity index is 1.63. The number of rotatable bonds is 8. The highest BCUT2D eigenvalue weighted by Crippen LogP contribution is 2.20. The van der Waals surface area contributed by atoms with Crippen molar-refractivity contribution in [3.63, 3.8) is 0 Å². The number of carbonyl (C=O) groups is 1. The maximum atomic E-state index is 12.5. The topological polar surface area (TPSA) is 75.7 Å². The number of nitrogens with zero attached hydrogens (tertiary/aromatic N) is 1. The van der Waals surface area contributed by atoms with Crippen LogP contribution in [0.25, 0.3) is 0 Å². The van der Waals surface area contributed by atoms with Crippen molar-refractivity contribution >= 4 is 21.6 Å². The summed E-state index contributed by atoms with van der Waals surface area (Å²) in [7, 11) is -3.30. The molecule has 3 rings (SSSR count). The van der Waals surface area contributed by atoms with Crippen molar-refractivity contribution in [2.24, 2.45) is 0 Å². The summed E-state index contributed by atoms with van der Waals surface area (Å²) in [5.41, 5.74) is 1.75. The molecule has 0 aromatic heterocycles. The Morgan fingerprint density at radius 2 is 1.86 bits per heavy atom. The predicted molar refractivity (Wildman–Crippen MR) is 110 cm³/mol. The van der Waals surface area contributed by atoms with Gasteiger partial charge in [0.05, 0.1) is 5.75 Å². The molecule has 1 saturated heterocycles. The molecule has 0 atom stereocenters. The van der Waals surface area contributed by atoms with Gasteiger partial charge in [-0.05, 0) is 42.7 Å². The van der Waals surface area contributed by atoms with Crippen LogP contribution in [0, 0.1) is 0 Å². The number of benzene rings is 2. The summed E-state index contributed by atoms with van der Waals surface area (Å²) in [4.78, 5) is 12.5. The quantitative estimate of drug-likeness (QED) is 0.689. The Labute approximate surface area is 165 Å². The maximum Gasteiger partial charge on any atom is 0.255 e. The van der Waals surface area contributed by atoms with Crippen molar-refractivity contribution < 1.29 is 17.9 Å². The van der Waals surface area contributed by atoms with Gasteiger partial charge in [-0.2, -0.15) is 0 Å². The Bertz CT molecular complexity index is 933. The average Bonchev–Trinajstić information content (AvgIpc) is 3.23. The van der Waals surface area contributed by atoms with E-state index in [9.17, 15) is 13.2 Å². The molecular formula is C21H24N2O4S. The molecule has 1 fully saturated rings. The summed E-state index contributed by atoms with van der Waals surface area (Å²) in [5.74, 6) is 0.326. The highest BCUT2D eigenvalue weighted by Gasteiger charge is 2.25. The Hall–Kier alpha value is -2.64. The SMILES string of the molecule is C=CCOc1cccc(NC(=O)c2ccc(CS(=O)(=O)N3CCCC3)cc2)c1. The Kier molecular flexibility index (Phi) is 6.49. The van der Waals surface area contributed by atoms with E-state index in [1.165, 1.54) is 4.31 Å². The van der Waals surface area contributed by atoms with Gasteiger partial charge < -0.3 is 10.1 Å². The highest BCUT2D eigenvalue weighted by atomic mass is 32.2. The number of amides is 1. The van der Waals surface area contributed by atoms with Crippen molar-refractivity contribution in [1.82, 2.24) is 4.31 Å². The van der Waals surface area contributed by atoms with Gasteiger partial charge in [0.25, 0.3) is 5.91 Å². The van der Waals surface area contributed by atoms with Gasteiger partial charge in [-0.15, -0.1) is 0 Å². The average molecular weight is 401 g/mol. The lowest BCUT2D eigenvalue weighted by Crippen LogP contribution is -2.29. The van der Waals surface area contributed by atoms with E-state index >= 15 is 0 Å². The second-order valence-corrected chi connectivity index (χ2v) is 8.61. The highest BCUT2D eigenvalue weighted by molar-refractivity contribution is 7.88. The molecule has 1 amide bonds. The molecule has 1 aliphatic heterocycles. The largest absolute Gasteiger partial charge is 0.489 e. The fourth-order valence-electron chi connectivity index (χ4n) is 3.04. The van der Waals surface area contributed by atoms with Gasteiger partial charge in [0.2, 0.25) is 10.0 Å². The van der Waals surface area contributed by atoms with Crippen LogP contribution < -0.4 is 10.1 Å². The number of hydrogen-bond donors (Lipinski definition) is 1. The zero-order valence-corrected chi connectivity index (χ0v) is 16.5. The van der Waals surface area contributed by atoms with Crippen LogP contribution in [-0.2, 0) is 15.8 Å². The van der Waals surface area contributed by atoms with Crippen LogP contribution in [0.5, 0.6) is 5.75 Å². The molecule has 0 aliphatic carbocycles. The summed E-state index contributed by atoms with van der Waals surface area (Å²) in [5, 5.41) is 2.82. The van der Waals surface area contributed by atoms with Crippen molar-refractivity contribution in [2.75, 3.05) is 25.0 Å². The molecule has 1 N–H and O–H groups in total. The normalized spacial score (nSPS) is 14.6. The molecule has 7 heteroatoms.